The number of aromatic amines is 1. The maximum atomic E-state index is 12.6. The largest absolute Gasteiger partial charge is 0.326 e. The Hall–Kier alpha value is -4.03. The third kappa shape index (κ3) is 4.29. The maximum Gasteiger partial charge on any atom is 0.326 e. The first-order valence-corrected chi connectivity index (χ1v) is 12.1. The molecule has 3 heterocycles. The number of piperidine rings is 1. The molecule has 1 saturated heterocycles. The van der Waals surface area contributed by atoms with Crippen LogP contribution in [0.1, 0.15) is 24.4 Å². The third-order valence-corrected chi connectivity index (χ3v) is 6.93. The molecule has 0 saturated carbocycles. The molecule has 6 rings (SSSR count). The fourth-order valence-corrected chi connectivity index (χ4v) is 5.16. The summed E-state index contributed by atoms with van der Waals surface area (Å²) in [5, 5.41) is 0. The van der Waals surface area contributed by atoms with Crippen LogP contribution in [0.3, 0.4) is 0 Å². The third-order valence-electron chi connectivity index (χ3n) is 6.93. The number of benzene rings is 3. The fourth-order valence-electron chi connectivity index (χ4n) is 5.16. The number of aromatic nitrogens is 4. The molecule has 1 aliphatic rings. The van der Waals surface area contributed by atoms with Crippen molar-refractivity contribution in [1.29, 1.82) is 0 Å². The minimum Gasteiger partial charge on any atom is -0.306 e. The summed E-state index contributed by atoms with van der Waals surface area (Å²) in [6, 6.07) is 27.0. The first-order valence-electron chi connectivity index (χ1n) is 12.1. The van der Waals surface area contributed by atoms with Gasteiger partial charge in [-0.1, -0.05) is 66.7 Å². The average Bonchev–Trinajstić information content (AvgIpc) is 3.26. The van der Waals surface area contributed by atoms with Crippen molar-refractivity contribution in [3.05, 3.63) is 107 Å². The van der Waals surface area contributed by atoms with Gasteiger partial charge in [-0.25, -0.2) is 4.79 Å². The Balaban J connectivity index is 1.14. The summed E-state index contributed by atoms with van der Waals surface area (Å²) in [7, 11) is 0. The molecule has 0 radical (unpaired) electrons. The Labute approximate surface area is 203 Å². The van der Waals surface area contributed by atoms with E-state index in [4.69, 9.17) is 0 Å². The molecule has 0 bridgehead atoms. The van der Waals surface area contributed by atoms with E-state index in [2.05, 4.69) is 56.3 Å². The first kappa shape index (κ1) is 21.5. The molecule has 0 aliphatic carbocycles. The Morgan fingerprint density at radius 1 is 0.771 bits per heavy atom. The van der Waals surface area contributed by atoms with Crippen molar-refractivity contribution in [1.82, 2.24) is 24.4 Å². The summed E-state index contributed by atoms with van der Waals surface area (Å²) in [6.07, 6.45) is 5.44. The minimum atomic E-state index is -0.000813. The van der Waals surface area contributed by atoms with Gasteiger partial charge in [0.05, 0.1) is 22.4 Å². The Bertz CT molecular complexity index is 1500. The molecule has 6 heteroatoms. The van der Waals surface area contributed by atoms with Crippen molar-refractivity contribution >= 4 is 11.0 Å². The van der Waals surface area contributed by atoms with E-state index in [0.29, 0.717) is 0 Å². The van der Waals surface area contributed by atoms with E-state index in [1.165, 1.54) is 5.56 Å². The molecule has 1 aliphatic heterocycles. The highest BCUT2D eigenvalue weighted by atomic mass is 16.1. The normalized spacial score (nSPS) is 15.0. The lowest BCUT2D eigenvalue weighted by Gasteiger charge is -2.32. The molecule has 5 aromatic rings. The van der Waals surface area contributed by atoms with Gasteiger partial charge in [-0.3, -0.25) is 19.4 Å². The van der Waals surface area contributed by atoms with Gasteiger partial charge in [0.1, 0.15) is 0 Å². The smallest absolute Gasteiger partial charge is 0.306 e. The molecule has 0 amide bonds. The van der Waals surface area contributed by atoms with Crippen LogP contribution in [0.25, 0.3) is 33.5 Å². The highest BCUT2D eigenvalue weighted by Gasteiger charge is 2.23. The fraction of sp³-hybridized carbons (Fsp3) is 0.207. The van der Waals surface area contributed by atoms with E-state index in [9.17, 15) is 4.79 Å². The van der Waals surface area contributed by atoms with Crippen molar-refractivity contribution in [3.63, 3.8) is 0 Å². The van der Waals surface area contributed by atoms with E-state index >= 15 is 0 Å². The van der Waals surface area contributed by atoms with E-state index in [1.54, 1.807) is 12.4 Å². The molecular weight excluding hydrogens is 434 g/mol. The van der Waals surface area contributed by atoms with Crippen molar-refractivity contribution in [2.75, 3.05) is 13.1 Å². The summed E-state index contributed by atoms with van der Waals surface area (Å²) in [6.45, 7) is 2.85. The number of hydrogen-bond donors (Lipinski definition) is 1. The number of imidazole rings is 1. The van der Waals surface area contributed by atoms with Crippen LogP contribution in [-0.4, -0.2) is 37.5 Å². The molecule has 3 aromatic carbocycles. The Morgan fingerprint density at radius 3 is 2.11 bits per heavy atom. The number of para-hydroxylation sites is 2. The molecule has 174 valence electrons. The van der Waals surface area contributed by atoms with Gasteiger partial charge in [0, 0.05) is 49.2 Å². The van der Waals surface area contributed by atoms with Gasteiger partial charge in [-0.15, -0.1) is 0 Å². The second kappa shape index (κ2) is 9.31. The van der Waals surface area contributed by atoms with Gasteiger partial charge >= 0.3 is 5.69 Å². The second-order valence-corrected chi connectivity index (χ2v) is 9.14. The number of hydrogen-bond acceptors (Lipinski definition) is 4. The first-order chi connectivity index (χ1) is 17.3. The van der Waals surface area contributed by atoms with Crippen molar-refractivity contribution < 1.29 is 0 Å². The Morgan fingerprint density at radius 2 is 1.40 bits per heavy atom. The average molecular weight is 462 g/mol. The van der Waals surface area contributed by atoms with Gasteiger partial charge in [0.15, 0.2) is 0 Å². The molecule has 0 spiro atoms. The molecule has 2 aromatic heterocycles. The molecule has 1 fully saturated rings. The van der Waals surface area contributed by atoms with Crippen LogP contribution in [0.2, 0.25) is 0 Å². The summed E-state index contributed by atoms with van der Waals surface area (Å²) in [5.74, 6) is 0. The van der Waals surface area contributed by atoms with Crippen molar-refractivity contribution in [2.24, 2.45) is 0 Å². The summed E-state index contributed by atoms with van der Waals surface area (Å²) in [5.41, 5.74) is 7.13. The van der Waals surface area contributed by atoms with Gasteiger partial charge in [-0.2, -0.15) is 0 Å². The number of rotatable bonds is 5. The SMILES string of the molecule is O=c1[nH]c2ccccc2n1C1CCN(Cc2ccc(-c3nccnc3-c3ccccc3)cc2)CC1. The van der Waals surface area contributed by atoms with Crippen LogP contribution in [0.15, 0.2) is 96.1 Å². The van der Waals surface area contributed by atoms with E-state index in [0.717, 1.165) is 66.0 Å². The molecule has 1 N–H and O–H groups in total. The monoisotopic (exact) mass is 461 g/mol. The van der Waals surface area contributed by atoms with E-state index in [-0.39, 0.29) is 11.7 Å². The lowest BCUT2D eigenvalue weighted by Crippen LogP contribution is -2.36. The molecule has 0 atom stereocenters. The number of likely N-dealkylation sites (tertiary alicyclic amines) is 1. The van der Waals surface area contributed by atoms with E-state index < -0.39 is 0 Å². The van der Waals surface area contributed by atoms with Gasteiger partial charge in [-0.05, 0) is 30.5 Å². The van der Waals surface area contributed by atoms with Crippen LogP contribution < -0.4 is 5.69 Å². The lowest BCUT2D eigenvalue weighted by atomic mass is 10.0. The van der Waals surface area contributed by atoms with Gasteiger partial charge in [0.2, 0.25) is 0 Å². The van der Waals surface area contributed by atoms with Crippen LogP contribution >= 0.6 is 0 Å². The Kier molecular flexibility index (Phi) is 5.72. The maximum absolute atomic E-state index is 12.6. The highest BCUT2D eigenvalue weighted by molar-refractivity contribution is 5.77. The zero-order chi connectivity index (χ0) is 23.6. The van der Waals surface area contributed by atoms with Gasteiger partial charge in [0.25, 0.3) is 0 Å². The molecule has 35 heavy (non-hydrogen) atoms. The second-order valence-electron chi connectivity index (χ2n) is 9.14. The van der Waals surface area contributed by atoms with Crippen LogP contribution in [0.5, 0.6) is 0 Å². The summed E-state index contributed by atoms with van der Waals surface area (Å²) in [4.78, 5) is 27.3. The van der Waals surface area contributed by atoms with Crippen molar-refractivity contribution in [3.8, 4) is 22.5 Å². The minimum absolute atomic E-state index is 0.000813. The zero-order valence-corrected chi connectivity index (χ0v) is 19.5. The number of nitrogens with zero attached hydrogens (tertiary/aromatic N) is 4. The quantitative estimate of drug-likeness (QED) is 0.386. The van der Waals surface area contributed by atoms with Crippen LogP contribution in [0.4, 0.5) is 0 Å². The standard InChI is InChI=1S/C29H27N5O/c35-29-32-25-8-4-5-9-26(25)34(29)24-14-18-33(19-15-24)20-21-10-12-23(13-11-21)28-27(30-16-17-31-28)22-6-2-1-3-7-22/h1-13,16-17,24H,14-15,18-20H2,(H,32,35). The topological polar surface area (TPSA) is 66.8 Å². The predicted molar refractivity (Wildman–Crippen MR) is 139 cm³/mol. The summed E-state index contributed by atoms with van der Waals surface area (Å²) >= 11 is 0. The highest BCUT2D eigenvalue weighted by Crippen LogP contribution is 2.29. The number of nitrogens with one attached hydrogen (secondary N) is 1. The molecular formula is C29H27N5O. The van der Waals surface area contributed by atoms with Crippen LogP contribution in [0, 0.1) is 0 Å². The van der Waals surface area contributed by atoms with E-state index in [1.807, 2.05) is 47.0 Å². The van der Waals surface area contributed by atoms with Crippen molar-refractivity contribution in [2.45, 2.75) is 25.4 Å². The zero-order valence-electron chi connectivity index (χ0n) is 19.5. The predicted octanol–water partition coefficient (Wildman–Crippen LogP) is 5.29. The number of fused-ring (bicyclic) bond motifs is 1. The van der Waals surface area contributed by atoms with Gasteiger partial charge < -0.3 is 4.98 Å². The molecule has 0 unspecified atom stereocenters. The molecule has 6 nitrogen and oxygen atoms in total. The summed E-state index contributed by atoms with van der Waals surface area (Å²) < 4.78 is 1.95. The lowest BCUT2D eigenvalue weighted by molar-refractivity contribution is 0.180. The van der Waals surface area contributed by atoms with Crippen LogP contribution in [-0.2, 0) is 6.54 Å². The number of H-pyrrole nitrogens is 1.